The number of halogens is 4. The largest absolute Gasteiger partial charge is 0.416 e. The number of amides is 1. The third-order valence-corrected chi connectivity index (χ3v) is 4.15. The van der Waals surface area contributed by atoms with E-state index in [2.05, 4.69) is 10.3 Å². The zero-order valence-electron chi connectivity index (χ0n) is 14.1. The summed E-state index contributed by atoms with van der Waals surface area (Å²) in [6.45, 7) is 1.67. The minimum absolute atomic E-state index is 0.00855. The van der Waals surface area contributed by atoms with Gasteiger partial charge in [0.2, 0.25) is 0 Å². The van der Waals surface area contributed by atoms with E-state index in [1.54, 1.807) is 13.0 Å². The number of fused-ring (bicyclic) bond motifs is 1. The van der Waals surface area contributed by atoms with E-state index in [1.165, 1.54) is 30.5 Å². The van der Waals surface area contributed by atoms with Gasteiger partial charge in [0.1, 0.15) is 5.82 Å². The number of alkyl halides is 3. The molecule has 0 aliphatic rings. The van der Waals surface area contributed by atoms with E-state index in [1.807, 2.05) is 0 Å². The van der Waals surface area contributed by atoms with Crippen LogP contribution in [0, 0.1) is 5.82 Å². The first-order valence-corrected chi connectivity index (χ1v) is 7.98. The molecule has 1 atom stereocenters. The maximum atomic E-state index is 13.6. The summed E-state index contributed by atoms with van der Waals surface area (Å²) in [5, 5.41) is 3.10. The number of benzene rings is 2. The molecule has 140 valence electrons. The molecule has 0 saturated carbocycles. The van der Waals surface area contributed by atoms with Crippen LogP contribution in [0.1, 0.15) is 34.5 Å². The molecule has 8 heteroatoms. The summed E-state index contributed by atoms with van der Waals surface area (Å²) in [7, 11) is 0. The summed E-state index contributed by atoms with van der Waals surface area (Å²) in [5.41, 5.74) is 5.48. The molecular formula is C19H15F4N3O. The quantitative estimate of drug-likeness (QED) is 0.523. The molecule has 3 N–H and O–H groups in total. The Kier molecular flexibility index (Phi) is 4.73. The lowest BCUT2D eigenvalue weighted by molar-refractivity contribution is -0.137. The molecule has 0 bridgehead atoms. The van der Waals surface area contributed by atoms with Crippen molar-refractivity contribution in [2.75, 3.05) is 5.73 Å². The van der Waals surface area contributed by atoms with Crippen LogP contribution in [-0.4, -0.2) is 10.9 Å². The molecule has 2 aromatic carbocycles. The van der Waals surface area contributed by atoms with Gasteiger partial charge in [-0.15, -0.1) is 0 Å². The fraction of sp³-hybridized carbons (Fsp3) is 0.158. The van der Waals surface area contributed by atoms with Gasteiger partial charge >= 0.3 is 6.18 Å². The molecule has 0 unspecified atom stereocenters. The van der Waals surface area contributed by atoms with E-state index in [9.17, 15) is 22.4 Å². The van der Waals surface area contributed by atoms with Crippen LogP contribution in [0.2, 0.25) is 0 Å². The molecule has 1 heterocycles. The predicted octanol–water partition coefficient (Wildman–Crippen LogP) is 4.47. The average molecular weight is 377 g/mol. The number of aromatic nitrogens is 1. The van der Waals surface area contributed by atoms with Crippen molar-refractivity contribution in [1.82, 2.24) is 10.3 Å². The molecule has 3 rings (SSSR count). The van der Waals surface area contributed by atoms with Crippen LogP contribution in [0.4, 0.5) is 23.2 Å². The zero-order valence-corrected chi connectivity index (χ0v) is 14.1. The Morgan fingerprint density at radius 3 is 2.56 bits per heavy atom. The van der Waals surface area contributed by atoms with Crippen LogP contribution in [0.3, 0.4) is 0 Å². The van der Waals surface area contributed by atoms with E-state index in [0.717, 1.165) is 12.1 Å². The Balaban J connectivity index is 1.81. The molecule has 0 fully saturated rings. The standard InChI is InChI=1S/C19H15F4N3O/c1-10(11-3-5-16(24)15(20)7-11)26-18(27)13-6-12-2-4-14(19(21,22)23)8-17(12)25-9-13/h2-10H,24H2,1H3,(H,26,27)/t10-/m1/s1. The third-order valence-electron chi connectivity index (χ3n) is 4.15. The lowest BCUT2D eigenvalue weighted by Gasteiger charge is -2.15. The average Bonchev–Trinajstić information content (AvgIpc) is 2.62. The lowest BCUT2D eigenvalue weighted by Crippen LogP contribution is -2.26. The number of hydrogen-bond donors (Lipinski definition) is 2. The van der Waals surface area contributed by atoms with Crippen LogP contribution < -0.4 is 11.1 Å². The monoisotopic (exact) mass is 377 g/mol. The summed E-state index contributed by atoms with van der Waals surface area (Å²) in [6.07, 6.45) is -3.26. The topological polar surface area (TPSA) is 68.0 Å². The number of carbonyl (C=O) groups is 1. The minimum Gasteiger partial charge on any atom is -0.396 e. The summed E-state index contributed by atoms with van der Waals surface area (Å²) in [4.78, 5) is 16.3. The van der Waals surface area contributed by atoms with Crippen LogP contribution >= 0.6 is 0 Å². The second kappa shape index (κ2) is 6.86. The number of nitrogens with two attached hydrogens (primary N) is 1. The first-order valence-electron chi connectivity index (χ1n) is 7.98. The number of nitrogens with one attached hydrogen (secondary N) is 1. The van der Waals surface area contributed by atoms with Gasteiger partial charge in [-0.25, -0.2) is 4.39 Å². The van der Waals surface area contributed by atoms with Gasteiger partial charge in [-0.2, -0.15) is 13.2 Å². The van der Waals surface area contributed by atoms with Gasteiger partial charge < -0.3 is 11.1 Å². The van der Waals surface area contributed by atoms with Gasteiger partial charge in [-0.1, -0.05) is 12.1 Å². The van der Waals surface area contributed by atoms with Gasteiger partial charge in [-0.3, -0.25) is 9.78 Å². The first kappa shape index (κ1) is 18.6. The summed E-state index contributed by atoms with van der Waals surface area (Å²) in [5.74, 6) is -1.06. The van der Waals surface area contributed by atoms with Crippen molar-refractivity contribution in [3.63, 3.8) is 0 Å². The Hall–Kier alpha value is -3.16. The second-order valence-electron chi connectivity index (χ2n) is 6.11. The van der Waals surface area contributed by atoms with Gasteiger partial charge in [0.15, 0.2) is 0 Å². The maximum Gasteiger partial charge on any atom is 0.416 e. The molecule has 1 aromatic heterocycles. The van der Waals surface area contributed by atoms with Gasteiger partial charge in [0.05, 0.1) is 28.4 Å². The van der Waals surface area contributed by atoms with Crippen molar-refractivity contribution >= 4 is 22.5 Å². The SMILES string of the molecule is C[C@@H](NC(=O)c1cnc2cc(C(F)(F)F)ccc2c1)c1ccc(N)c(F)c1. The number of carbonyl (C=O) groups excluding carboxylic acids is 1. The Bertz CT molecular complexity index is 1020. The van der Waals surface area contributed by atoms with E-state index < -0.39 is 29.5 Å². The van der Waals surface area contributed by atoms with Crippen molar-refractivity contribution in [2.24, 2.45) is 0 Å². The Labute approximate surface area is 152 Å². The van der Waals surface area contributed by atoms with Crippen LogP contribution in [0.25, 0.3) is 10.9 Å². The van der Waals surface area contributed by atoms with Crippen molar-refractivity contribution in [2.45, 2.75) is 19.1 Å². The predicted molar refractivity (Wildman–Crippen MR) is 93.4 cm³/mol. The third kappa shape index (κ3) is 3.99. The highest BCUT2D eigenvalue weighted by molar-refractivity contribution is 5.97. The minimum atomic E-state index is -4.46. The molecule has 0 saturated heterocycles. The maximum absolute atomic E-state index is 13.6. The smallest absolute Gasteiger partial charge is 0.396 e. The van der Waals surface area contributed by atoms with Crippen molar-refractivity contribution in [3.05, 3.63) is 71.2 Å². The number of nitrogens with zero attached hydrogens (tertiary/aromatic N) is 1. The van der Waals surface area contributed by atoms with Gasteiger partial charge in [0.25, 0.3) is 5.91 Å². The van der Waals surface area contributed by atoms with E-state index >= 15 is 0 Å². The fourth-order valence-electron chi connectivity index (χ4n) is 2.60. The van der Waals surface area contributed by atoms with E-state index in [-0.39, 0.29) is 16.8 Å². The highest BCUT2D eigenvalue weighted by Gasteiger charge is 2.30. The van der Waals surface area contributed by atoms with E-state index in [0.29, 0.717) is 10.9 Å². The lowest BCUT2D eigenvalue weighted by atomic mass is 10.1. The molecule has 0 aliphatic carbocycles. The Morgan fingerprint density at radius 2 is 1.89 bits per heavy atom. The van der Waals surface area contributed by atoms with E-state index in [4.69, 9.17) is 5.73 Å². The summed E-state index contributed by atoms with van der Waals surface area (Å²) >= 11 is 0. The summed E-state index contributed by atoms with van der Waals surface area (Å²) in [6, 6.07) is 8.31. The molecule has 0 aliphatic heterocycles. The molecule has 0 spiro atoms. The Morgan fingerprint density at radius 1 is 1.15 bits per heavy atom. The van der Waals surface area contributed by atoms with Crippen molar-refractivity contribution in [3.8, 4) is 0 Å². The van der Waals surface area contributed by atoms with Crippen molar-refractivity contribution < 1.29 is 22.4 Å². The molecular weight excluding hydrogens is 362 g/mol. The number of pyridine rings is 1. The second-order valence-corrected chi connectivity index (χ2v) is 6.11. The number of rotatable bonds is 3. The highest BCUT2D eigenvalue weighted by Crippen LogP contribution is 2.31. The summed E-state index contributed by atoms with van der Waals surface area (Å²) < 4.78 is 51.8. The molecule has 3 aromatic rings. The normalized spacial score (nSPS) is 12.8. The molecule has 1 amide bonds. The number of anilines is 1. The molecule has 27 heavy (non-hydrogen) atoms. The molecule has 4 nitrogen and oxygen atoms in total. The fourth-order valence-corrected chi connectivity index (χ4v) is 2.60. The van der Waals surface area contributed by atoms with Crippen LogP contribution in [0.15, 0.2) is 48.7 Å². The van der Waals surface area contributed by atoms with Crippen LogP contribution in [0.5, 0.6) is 0 Å². The number of nitrogen functional groups attached to an aromatic ring is 1. The number of hydrogen-bond acceptors (Lipinski definition) is 3. The van der Waals surface area contributed by atoms with Gasteiger partial charge in [-0.05, 0) is 42.8 Å². The van der Waals surface area contributed by atoms with Crippen LogP contribution in [-0.2, 0) is 6.18 Å². The van der Waals surface area contributed by atoms with Gasteiger partial charge in [0, 0.05) is 11.6 Å². The molecule has 0 radical (unpaired) electrons. The zero-order chi connectivity index (χ0) is 19.8. The highest BCUT2D eigenvalue weighted by atomic mass is 19.4. The first-order chi connectivity index (χ1) is 12.6. The van der Waals surface area contributed by atoms with Crippen molar-refractivity contribution in [1.29, 1.82) is 0 Å².